The van der Waals surface area contributed by atoms with Gasteiger partial charge in [-0.1, -0.05) is 5.16 Å². The van der Waals surface area contributed by atoms with Crippen LogP contribution in [-0.4, -0.2) is 35.1 Å². The van der Waals surface area contributed by atoms with Gasteiger partial charge in [-0.25, -0.2) is 0 Å². The molecule has 1 aliphatic rings. The molecule has 1 unspecified atom stereocenters. The molecule has 2 rings (SSSR count). The van der Waals surface area contributed by atoms with Crippen LogP contribution in [0.15, 0.2) is 4.52 Å². The van der Waals surface area contributed by atoms with Crippen molar-refractivity contribution in [2.45, 2.75) is 38.0 Å². The minimum atomic E-state index is 0.220. The summed E-state index contributed by atoms with van der Waals surface area (Å²) in [6.45, 7) is 1.77. The zero-order valence-electron chi connectivity index (χ0n) is 9.39. The monoisotopic (exact) mass is 226 g/mol. The molecule has 0 aromatic carbocycles. The van der Waals surface area contributed by atoms with Gasteiger partial charge in [0, 0.05) is 25.6 Å². The normalized spacial score (nSPS) is 21.2. The van der Waals surface area contributed by atoms with Gasteiger partial charge in [0.05, 0.1) is 6.61 Å². The molecule has 1 atom stereocenters. The third-order valence-electron chi connectivity index (χ3n) is 2.81. The Morgan fingerprint density at radius 3 is 3.06 bits per heavy atom. The van der Waals surface area contributed by atoms with Crippen LogP contribution in [0.25, 0.3) is 0 Å². The average molecular weight is 226 g/mol. The molecule has 0 radical (unpaired) electrons. The summed E-state index contributed by atoms with van der Waals surface area (Å²) in [7, 11) is 0. The summed E-state index contributed by atoms with van der Waals surface area (Å²) in [5.41, 5.74) is 0. The molecule has 16 heavy (non-hydrogen) atoms. The molecule has 90 valence electrons. The van der Waals surface area contributed by atoms with Crippen molar-refractivity contribution in [1.29, 1.82) is 0 Å². The first-order valence-electron chi connectivity index (χ1n) is 5.91. The smallest absolute Gasteiger partial charge is 0.226 e. The summed E-state index contributed by atoms with van der Waals surface area (Å²) in [4.78, 5) is 4.37. The summed E-state index contributed by atoms with van der Waals surface area (Å²) in [5.74, 6) is 1.75. The second-order valence-corrected chi connectivity index (χ2v) is 4.14. The van der Waals surface area contributed by atoms with Crippen LogP contribution in [0.1, 0.15) is 43.3 Å². The van der Waals surface area contributed by atoms with Crippen molar-refractivity contribution in [3.8, 4) is 0 Å². The van der Waals surface area contributed by atoms with Gasteiger partial charge >= 0.3 is 0 Å². The lowest BCUT2D eigenvalue weighted by Crippen LogP contribution is -2.16. The van der Waals surface area contributed by atoms with Crippen LogP contribution >= 0.6 is 0 Å². The Morgan fingerprint density at radius 2 is 2.31 bits per heavy atom. The SMILES string of the molecule is OCCCCc1nc(C2CCCOC2)no1. The number of aliphatic hydroxyl groups excluding tert-OH is 1. The zero-order valence-corrected chi connectivity index (χ0v) is 9.39. The predicted molar refractivity (Wildman–Crippen MR) is 57.1 cm³/mol. The number of ether oxygens (including phenoxy) is 1. The number of aromatic nitrogens is 2. The molecule has 1 saturated heterocycles. The van der Waals surface area contributed by atoms with E-state index in [4.69, 9.17) is 14.4 Å². The predicted octanol–water partition coefficient (Wildman–Crippen LogP) is 1.28. The van der Waals surface area contributed by atoms with Crippen molar-refractivity contribution < 1.29 is 14.4 Å². The number of rotatable bonds is 5. The third-order valence-corrected chi connectivity index (χ3v) is 2.81. The summed E-state index contributed by atoms with van der Waals surface area (Å²) in [6.07, 6.45) is 4.57. The van der Waals surface area contributed by atoms with E-state index in [9.17, 15) is 0 Å². The van der Waals surface area contributed by atoms with Gasteiger partial charge in [-0.2, -0.15) is 4.98 Å². The topological polar surface area (TPSA) is 68.4 Å². The van der Waals surface area contributed by atoms with E-state index in [1.807, 2.05) is 0 Å². The second-order valence-electron chi connectivity index (χ2n) is 4.14. The van der Waals surface area contributed by atoms with E-state index in [-0.39, 0.29) is 6.61 Å². The molecular weight excluding hydrogens is 208 g/mol. The molecular formula is C11H18N2O3. The van der Waals surface area contributed by atoms with Crippen molar-refractivity contribution in [1.82, 2.24) is 10.1 Å². The number of aryl methyl sites for hydroxylation is 1. The van der Waals surface area contributed by atoms with Crippen molar-refractivity contribution in [2.24, 2.45) is 0 Å². The van der Waals surface area contributed by atoms with E-state index in [0.29, 0.717) is 18.4 Å². The van der Waals surface area contributed by atoms with Gasteiger partial charge in [-0.15, -0.1) is 0 Å². The van der Waals surface area contributed by atoms with Gasteiger partial charge in [0.15, 0.2) is 5.82 Å². The van der Waals surface area contributed by atoms with Crippen LogP contribution in [0.3, 0.4) is 0 Å². The van der Waals surface area contributed by atoms with E-state index in [0.717, 1.165) is 44.5 Å². The largest absolute Gasteiger partial charge is 0.396 e. The third kappa shape index (κ3) is 3.02. The van der Waals surface area contributed by atoms with Crippen molar-refractivity contribution >= 4 is 0 Å². The Hall–Kier alpha value is -0.940. The first kappa shape index (κ1) is 11.5. The summed E-state index contributed by atoms with van der Waals surface area (Å²) >= 11 is 0. The fourth-order valence-corrected chi connectivity index (χ4v) is 1.87. The quantitative estimate of drug-likeness (QED) is 0.766. The first-order valence-corrected chi connectivity index (χ1v) is 5.91. The lowest BCUT2D eigenvalue weighted by molar-refractivity contribution is 0.0773. The van der Waals surface area contributed by atoms with Crippen molar-refractivity contribution in [3.63, 3.8) is 0 Å². The maximum atomic E-state index is 8.67. The maximum Gasteiger partial charge on any atom is 0.226 e. The lowest BCUT2D eigenvalue weighted by atomic mass is 10.0. The minimum absolute atomic E-state index is 0.220. The standard InChI is InChI=1S/C11H18N2O3/c14-6-2-1-5-10-12-11(13-16-10)9-4-3-7-15-8-9/h9,14H,1-8H2. The zero-order chi connectivity index (χ0) is 11.2. The van der Waals surface area contributed by atoms with E-state index in [2.05, 4.69) is 10.1 Å². The number of nitrogens with zero attached hydrogens (tertiary/aromatic N) is 2. The number of hydrogen-bond acceptors (Lipinski definition) is 5. The lowest BCUT2D eigenvalue weighted by Gasteiger charge is -2.18. The van der Waals surface area contributed by atoms with Gasteiger partial charge in [-0.05, 0) is 25.7 Å². The second kappa shape index (κ2) is 5.96. The Kier molecular flexibility index (Phi) is 4.30. The summed E-state index contributed by atoms with van der Waals surface area (Å²) < 4.78 is 10.6. The van der Waals surface area contributed by atoms with Crippen LogP contribution in [0.5, 0.6) is 0 Å². The number of aliphatic hydroxyl groups is 1. The van der Waals surface area contributed by atoms with Crippen LogP contribution < -0.4 is 0 Å². The average Bonchev–Trinajstić information content (AvgIpc) is 2.79. The van der Waals surface area contributed by atoms with Crippen molar-refractivity contribution in [2.75, 3.05) is 19.8 Å². The Balaban J connectivity index is 1.85. The minimum Gasteiger partial charge on any atom is -0.396 e. The van der Waals surface area contributed by atoms with Crippen molar-refractivity contribution in [3.05, 3.63) is 11.7 Å². The number of unbranched alkanes of at least 4 members (excludes halogenated alkanes) is 1. The molecule has 5 nitrogen and oxygen atoms in total. The highest BCUT2D eigenvalue weighted by Gasteiger charge is 2.21. The highest BCUT2D eigenvalue weighted by molar-refractivity contribution is 4.96. The molecule has 0 saturated carbocycles. The molecule has 1 N–H and O–H groups in total. The first-order chi connectivity index (χ1) is 7.90. The molecule has 0 amide bonds. The van der Waals surface area contributed by atoms with Gasteiger partial charge in [0.2, 0.25) is 5.89 Å². The highest BCUT2D eigenvalue weighted by Crippen LogP contribution is 2.22. The highest BCUT2D eigenvalue weighted by atomic mass is 16.5. The van der Waals surface area contributed by atoms with E-state index < -0.39 is 0 Å². The fraction of sp³-hybridized carbons (Fsp3) is 0.818. The Labute approximate surface area is 94.8 Å². The van der Waals surface area contributed by atoms with Gasteiger partial charge in [0.1, 0.15) is 0 Å². The van der Waals surface area contributed by atoms with Crippen LogP contribution in [0, 0.1) is 0 Å². The van der Waals surface area contributed by atoms with Gasteiger partial charge in [-0.3, -0.25) is 0 Å². The molecule has 0 aliphatic carbocycles. The molecule has 5 heteroatoms. The number of hydrogen-bond donors (Lipinski definition) is 1. The maximum absolute atomic E-state index is 8.67. The van der Waals surface area contributed by atoms with Crippen LogP contribution in [0.4, 0.5) is 0 Å². The van der Waals surface area contributed by atoms with Crippen LogP contribution in [-0.2, 0) is 11.2 Å². The molecule has 1 aromatic rings. The van der Waals surface area contributed by atoms with E-state index in [1.54, 1.807) is 0 Å². The molecule has 1 fully saturated rings. The fourth-order valence-electron chi connectivity index (χ4n) is 1.87. The Bertz CT molecular complexity index is 308. The van der Waals surface area contributed by atoms with E-state index in [1.165, 1.54) is 0 Å². The van der Waals surface area contributed by atoms with Crippen LogP contribution in [0.2, 0.25) is 0 Å². The molecule has 0 bridgehead atoms. The molecule has 2 heterocycles. The summed E-state index contributed by atoms with van der Waals surface area (Å²) in [5, 5.41) is 12.7. The Morgan fingerprint density at radius 1 is 1.38 bits per heavy atom. The molecule has 0 spiro atoms. The molecule has 1 aromatic heterocycles. The van der Waals surface area contributed by atoms with Gasteiger partial charge < -0.3 is 14.4 Å². The molecule has 1 aliphatic heterocycles. The van der Waals surface area contributed by atoms with Gasteiger partial charge in [0.25, 0.3) is 0 Å². The summed E-state index contributed by atoms with van der Waals surface area (Å²) in [6, 6.07) is 0. The van der Waals surface area contributed by atoms with E-state index >= 15 is 0 Å².